The highest BCUT2D eigenvalue weighted by atomic mass is 32.1. The molecule has 1 aromatic carbocycles. The van der Waals surface area contributed by atoms with Gasteiger partial charge in [0.05, 0.1) is 18.6 Å². The summed E-state index contributed by atoms with van der Waals surface area (Å²) in [6, 6.07) is 13.5. The first kappa shape index (κ1) is 22.8. The number of carbonyl (C=O) groups is 1. The number of hydrogen-bond donors (Lipinski definition) is 0. The monoisotopic (exact) mass is 439 g/mol. The van der Waals surface area contributed by atoms with E-state index in [0.717, 1.165) is 29.0 Å². The number of aromatic nitrogens is 1. The van der Waals surface area contributed by atoms with Crippen LogP contribution in [-0.2, 0) is 13.1 Å². The van der Waals surface area contributed by atoms with Gasteiger partial charge >= 0.3 is 0 Å². The lowest BCUT2D eigenvalue weighted by Gasteiger charge is -2.23. The fraction of sp³-hybridized carbons (Fsp3) is 0.333. The molecule has 0 fully saturated rings. The van der Waals surface area contributed by atoms with Crippen LogP contribution in [0.3, 0.4) is 0 Å². The predicted molar refractivity (Wildman–Crippen MR) is 124 cm³/mol. The molecule has 6 nitrogen and oxygen atoms in total. The van der Waals surface area contributed by atoms with E-state index in [-0.39, 0.29) is 5.91 Å². The number of hydrogen-bond acceptors (Lipinski definition) is 6. The Bertz CT molecular complexity index is 946. The van der Waals surface area contributed by atoms with E-state index < -0.39 is 0 Å². The maximum Gasteiger partial charge on any atom is 0.264 e. The quantitative estimate of drug-likeness (QED) is 0.417. The minimum atomic E-state index is 0.00289. The number of ether oxygens (including phenoxy) is 2. The standard InChI is InChI=1S/C24H29N3O3S/c1-26(2)12-6-13-30-22-15-19(9-10-21(22)29-3)17-27(18-20-7-4-11-25-16-20)24(28)23-8-5-14-31-23/h4-5,7-11,14-16H,6,12-13,17-18H2,1-3H3. The van der Waals surface area contributed by atoms with Gasteiger partial charge in [-0.25, -0.2) is 0 Å². The summed E-state index contributed by atoms with van der Waals surface area (Å²) >= 11 is 1.45. The van der Waals surface area contributed by atoms with E-state index in [1.165, 1.54) is 11.3 Å². The fourth-order valence-corrected chi connectivity index (χ4v) is 3.87. The zero-order valence-electron chi connectivity index (χ0n) is 18.3. The molecule has 0 aliphatic heterocycles. The van der Waals surface area contributed by atoms with Crippen molar-refractivity contribution in [2.75, 3.05) is 34.4 Å². The molecule has 0 radical (unpaired) electrons. The molecular weight excluding hydrogens is 410 g/mol. The molecule has 2 heterocycles. The zero-order valence-corrected chi connectivity index (χ0v) is 19.1. The summed E-state index contributed by atoms with van der Waals surface area (Å²) < 4.78 is 11.5. The van der Waals surface area contributed by atoms with Crippen molar-refractivity contribution in [2.45, 2.75) is 19.5 Å². The van der Waals surface area contributed by atoms with E-state index in [9.17, 15) is 4.79 Å². The van der Waals surface area contributed by atoms with E-state index in [0.29, 0.717) is 31.2 Å². The number of thiophene rings is 1. The van der Waals surface area contributed by atoms with Crippen LogP contribution in [0.1, 0.15) is 27.2 Å². The van der Waals surface area contributed by atoms with Gasteiger partial charge in [0, 0.05) is 32.0 Å². The van der Waals surface area contributed by atoms with E-state index in [1.807, 2.05) is 66.8 Å². The minimum Gasteiger partial charge on any atom is -0.493 e. The Morgan fingerprint density at radius 2 is 1.90 bits per heavy atom. The van der Waals surface area contributed by atoms with Crippen LogP contribution in [0.25, 0.3) is 0 Å². The van der Waals surface area contributed by atoms with Crippen LogP contribution in [0.15, 0.2) is 60.2 Å². The summed E-state index contributed by atoms with van der Waals surface area (Å²) in [5.41, 5.74) is 1.97. The van der Waals surface area contributed by atoms with E-state index >= 15 is 0 Å². The van der Waals surface area contributed by atoms with Crippen LogP contribution in [0.4, 0.5) is 0 Å². The number of benzene rings is 1. The first-order valence-corrected chi connectivity index (χ1v) is 11.1. The molecule has 0 aliphatic rings. The van der Waals surface area contributed by atoms with Crippen molar-refractivity contribution in [3.8, 4) is 11.5 Å². The topological polar surface area (TPSA) is 54.9 Å². The van der Waals surface area contributed by atoms with Crippen LogP contribution >= 0.6 is 11.3 Å². The van der Waals surface area contributed by atoms with Crippen LogP contribution in [0.5, 0.6) is 11.5 Å². The molecule has 2 aromatic heterocycles. The lowest BCUT2D eigenvalue weighted by Crippen LogP contribution is -2.29. The van der Waals surface area contributed by atoms with Gasteiger partial charge in [-0.2, -0.15) is 0 Å². The Morgan fingerprint density at radius 3 is 2.58 bits per heavy atom. The van der Waals surface area contributed by atoms with Crippen molar-refractivity contribution >= 4 is 17.2 Å². The molecule has 0 aliphatic carbocycles. The molecule has 7 heteroatoms. The largest absolute Gasteiger partial charge is 0.493 e. The maximum atomic E-state index is 13.2. The number of nitrogens with zero attached hydrogens (tertiary/aromatic N) is 3. The second-order valence-corrected chi connectivity index (χ2v) is 8.44. The van der Waals surface area contributed by atoms with Crippen LogP contribution < -0.4 is 9.47 Å². The molecule has 164 valence electrons. The van der Waals surface area contributed by atoms with E-state index in [4.69, 9.17) is 9.47 Å². The van der Waals surface area contributed by atoms with E-state index in [2.05, 4.69) is 9.88 Å². The van der Waals surface area contributed by atoms with Gasteiger partial charge in [0.1, 0.15) is 0 Å². The predicted octanol–water partition coefficient (Wildman–Crippen LogP) is 4.32. The molecule has 0 saturated heterocycles. The Hall–Kier alpha value is -2.90. The lowest BCUT2D eigenvalue weighted by atomic mass is 10.1. The number of amides is 1. The molecule has 0 saturated carbocycles. The maximum absolute atomic E-state index is 13.2. The lowest BCUT2D eigenvalue weighted by molar-refractivity contribution is 0.0734. The van der Waals surface area contributed by atoms with Crippen molar-refractivity contribution in [3.63, 3.8) is 0 Å². The zero-order chi connectivity index (χ0) is 22.1. The SMILES string of the molecule is COc1ccc(CN(Cc2cccnc2)C(=O)c2cccs2)cc1OCCCN(C)C. The van der Waals surface area contributed by atoms with Gasteiger partial charge in [0.2, 0.25) is 0 Å². The molecule has 1 amide bonds. The van der Waals surface area contributed by atoms with Gasteiger partial charge in [0.25, 0.3) is 5.91 Å². The van der Waals surface area contributed by atoms with Gasteiger partial charge in [-0.3, -0.25) is 9.78 Å². The van der Waals surface area contributed by atoms with Gasteiger partial charge in [0.15, 0.2) is 11.5 Å². The summed E-state index contributed by atoms with van der Waals surface area (Å²) in [6.07, 6.45) is 4.45. The Kier molecular flexibility index (Phi) is 8.44. The highest BCUT2D eigenvalue weighted by Crippen LogP contribution is 2.29. The van der Waals surface area contributed by atoms with Crippen LogP contribution in [-0.4, -0.2) is 55.0 Å². The average molecular weight is 440 g/mol. The summed E-state index contributed by atoms with van der Waals surface area (Å²) in [7, 11) is 5.72. The minimum absolute atomic E-state index is 0.00289. The van der Waals surface area contributed by atoms with Gasteiger partial charge < -0.3 is 19.3 Å². The summed E-state index contributed by atoms with van der Waals surface area (Å²) in [5, 5.41) is 1.92. The number of methoxy groups -OCH3 is 1. The third-order valence-corrected chi connectivity index (χ3v) is 5.58. The molecule has 0 atom stereocenters. The van der Waals surface area contributed by atoms with E-state index in [1.54, 1.807) is 19.5 Å². The second-order valence-electron chi connectivity index (χ2n) is 7.49. The number of rotatable bonds is 11. The highest BCUT2D eigenvalue weighted by molar-refractivity contribution is 7.12. The summed E-state index contributed by atoms with van der Waals surface area (Å²) in [4.78, 5) is 22.0. The average Bonchev–Trinajstić information content (AvgIpc) is 3.31. The molecule has 0 unspecified atom stereocenters. The smallest absolute Gasteiger partial charge is 0.264 e. The highest BCUT2D eigenvalue weighted by Gasteiger charge is 2.19. The van der Waals surface area contributed by atoms with Gasteiger partial charge in [-0.1, -0.05) is 18.2 Å². The first-order valence-electron chi connectivity index (χ1n) is 10.2. The molecule has 0 bridgehead atoms. The van der Waals surface area contributed by atoms with Crippen LogP contribution in [0.2, 0.25) is 0 Å². The van der Waals surface area contributed by atoms with Crippen molar-refractivity contribution in [2.24, 2.45) is 0 Å². The Balaban J connectivity index is 1.77. The summed E-state index contributed by atoms with van der Waals surface area (Å²) in [6.45, 7) is 2.50. The molecule has 0 spiro atoms. The third kappa shape index (κ3) is 6.80. The van der Waals surface area contributed by atoms with Crippen molar-refractivity contribution in [3.05, 3.63) is 76.2 Å². The van der Waals surface area contributed by atoms with Crippen molar-refractivity contribution < 1.29 is 14.3 Å². The van der Waals surface area contributed by atoms with Crippen molar-refractivity contribution in [1.82, 2.24) is 14.8 Å². The summed E-state index contributed by atoms with van der Waals surface area (Å²) in [5.74, 6) is 1.39. The number of carbonyl (C=O) groups excluding carboxylic acids is 1. The van der Waals surface area contributed by atoms with Crippen LogP contribution in [0, 0.1) is 0 Å². The molecule has 3 rings (SSSR count). The fourth-order valence-electron chi connectivity index (χ4n) is 3.18. The second kappa shape index (κ2) is 11.5. The van der Waals surface area contributed by atoms with Gasteiger partial charge in [-0.05, 0) is 61.3 Å². The molecule has 0 N–H and O–H groups in total. The molecular formula is C24H29N3O3S. The Morgan fingerprint density at radius 1 is 1.06 bits per heavy atom. The first-order chi connectivity index (χ1) is 15.1. The van der Waals surface area contributed by atoms with Crippen molar-refractivity contribution in [1.29, 1.82) is 0 Å². The molecule has 3 aromatic rings. The third-order valence-electron chi connectivity index (χ3n) is 4.72. The Labute approximate surface area is 188 Å². The normalized spacial score (nSPS) is 10.8. The van der Waals surface area contributed by atoms with Gasteiger partial charge in [-0.15, -0.1) is 11.3 Å². The molecule has 31 heavy (non-hydrogen) atoms. The number of pyridine rings is 1.